The minimum atomic E-state index is -0.485. The summed E-state index contributed by atoms with van der Waals surface area (Å²) in [4.78, 5) is 33.6. The van der Waals surface area contributed by atoms with Gasteiger partial charge in [-0.25, -0.2) is 9.97 Å². The third kappa shape index (κ3) is 4.19. The molecular formula is C24H29N3O6. The van der Waals surface area contributed by atoms with Crippen molar-refractivity contribution in [2.75, 3.05) is 33.2 Å². The lowest BCUT2D eigenvalue weighted by molar-refractivity contribution is -0.139. The maximum atomic E-state index is 13.6. The number of fused-ring (bicyclic) bond motifs is 1. The Morgan fingerprint density at radius 1 is 1.12 bits per heavy atom. The van der Waals surface area contributed by atoms with Gasteiger partial charge in [0.15, 0.2) is 11.5 Å². The van der Waals surface area contributed by atoms with Gasteiger partial charge in [0.25, 0.3) is 6.47 Å². The fourth-order valence-corrected chi connectivity index (χ4v) is 4.77. The number of carbonyl (C=O) groups is 2. The van der Waals surface area contributed by atoms with Crippen LogP contribution in [0.2, 0.25) is 0 Å². The van der Waals surface area contributed by atoms with E-state index < -0.39 is 5.41 Å². The summed E-state index contributed by atoms with van der Waals surface area (Å²) in [6, 6.07) is 3.62. The van der Waals surface area contributed by atoms with Gasteiger partial charge in [0.1, 0.15) is 17.7 Å². The molecule has 1 aliphatic carbocycles. The number of methoxy groups -OCH3 is 3. The van der Waals surface area contributed by atoms with Crippen LogP contribution in [0.4, 0.5) is 5.82 Å². The van der Waals surface area contributed by atoms with Crippen molar-refractivity contribution in [3.8, 4) is 28.5 Å². The van der Waals surface area contributed by atoms with E-state index in [2.05, 4.69) is 10.3 Å². The molecule has 0 radical (unpaired) electrons. The number of carbonyl (C=O) groups excluding carboxylic acids is 2. The fourth-order valence-electron chi connectivity index (χ4n) is 4.77. The van der Waals surface area contributed by atoms with Crippen LogP contribution in [0.15, 0.2) is 18.3 Å². The number of benzene rings is 1. The van der Waals surface area contributed by atoms with Crippen molar-refractivity contribution in [2.45, 2.75) is 44.6 Å². The topological polar surface area (TPSA) is 109 Å². The van der Waals surface area contributed by atoms with Gasteiger partial charge in [-0.1, -0.05) is 6.92 Å². The Kier molecular flexibility index (Phi) is 6.40. The van der Waals surface area contributed by atoms with Crippen LogP contribution < -0.4 is 19.5 Å². The van der Waals surface area contributed by atoms with Crippen LogP contribution in [-0.2, 0) is 14.3 Å². The Morgan fingerprint density at radius 3 is 2.36 bits per heavy atom. The number of ketones is 1. The Balaban J connectivity index is 1.63. The van der Waals surface area contributed by atoms with Gasteiger partial charge in [0.05, 0.1) is 44.8 Å². The number of hydrogen-bond donors (Lipinski definition) is 1. The Bertz CT molecular complexity index is 1020. The molecule has 1 atom stereocenters. The van der Waals surface area contributed by atoms with Crippen molar-refractivity contribution >= 4 is 18.1 Å². The molecular weight excluding hydrogens is 426 g/mol. The predicted molar refractivity (Wildman–Crippen MR) is 121 cm³/mol. The first-order valence-corrected chi connectivity index (χ1v) is 11.0. The highest BCUT2D eigenvalue weighted by atomic mass is 16.5. The third-order valence-electron chi connectivity index (χ3n) is 6.76. The zero-order chi connectivity index (χ0) is 23.6. The number of aromatic nitrogens is 2. The highest BCUT2D eigenvalue weighted by molar-refractivity contribution is 5.93. The van der Waals surface area contributed by atoms with Gasteiger partial charge in [-0.15, -0.1) is 0 Å². The number of hydrogen-bond acceptors (Lipinski definition) is 9. The molecule has 1 fully saturated rings. The van der Waals surface area contributed by atoms with Crippen LogP contribution in [0.3, 0.4) is 0 Å². The molecule has 4 rings (SSSR count). The molecule has 0 bridgehead atoms. The first-order valence-electron chi connectivity index (χ1n) is 11.0. The molecule has 1 aliphatic heterocycles. The smallest absolute Gasteiger partial charge is 0.293 e. The molecule has 176 valence electrons. The van der Waals surface area contributed by atoms with E-state index in [4.69, 9.17) is 23.9 Å². The summed E-state index contributed by atoms with van der Waals surface area (Å²) < 4.78 is 21.4. The van der Waals surface area contributed by atoms with Gasteiger partial charge < -0.3 is 24.3 Å². The van der Waals surface area contributed by atoms with Crippen LogP contribution in [0.25, 0.3) is 11.3 Å². The number of anilines is 1. The van der Waals surface area contributed by atoms with E-state index in [1.807, 2.05) is 19.1 Å². The van der Waals surface area contributed by atoms with Gasteiger partial charge in [0, 0.05) is 17.5 Å². The standard InChI is InChI=1S/C24H29N3O6/c1-24(7-5-15(6-8-24)33-13-28)22(29)16-11-25-23-20(16)27-17(12-26-23)14-9-18(30-2)21(32-4)19(10-14)31-3/h9-10,12-13,15-16H,5-8,11H2,1-4H3,(H,25,26). The van der Waals surface area contributed by atoms with Gasteiger partial charge in [-0.05, 0) is 37.8 Å². The highest BCUT2D eigenvalue weighted by Crippen LogP contribution is 2.45. The quantitative estimate of drug-likeness (QED) is 0.599. The van der Waals surface area contributed by atoms with Crippen LogP contribution in [0.1, 0.15) is 44.2 Å². The van der Waals surface area contributed by atoms with Gasteiger partial charge in [0.2, 0.25) is 5.75 Å². The second kappa shape index (κ2) is 9.25. The molecule has 0 amide bonds. The Labute approximate surface area is 192 Å². The minimum Gasteiger partial charge on any atom is -0.493 e. The lowest BCUT2D eigenvalue weighted by Crippen LogP contribution is -2.38. The van der Waals surface area contributed by atoms with E-state index >= 15 is 0 Å². The average molecular weight is 456 g/mol. The Morgan fingerprint density at radius 2 is 1.79 bits per heavy atom. The molecule has 2 aliphatic rings. The van der Waals surface area contributed by atoms with Crippen LogP contribution in [0.5, 0.6) is 17.2 Å². The van der Waals surface area contributed by atoms with E-state index in [0.717, 1.165) is 5.56 Å². The zero-order valence-electron chi connectivity index (χ0n) is 19.3. The van der Waals surface area contributed by atoms with Crippen LogP contribution >= 0.6 is 0 Å². The molecule has 1 aromatic heterocycles. The van der Waals surface area contributed by atoms with E-state index in [0.29, 0.717) is 73.2 Å². The summed E-state index contributed by atoms with van der Waals surface area (Å²) in [6.45, 7) is 2.96. The largest absolute Gasteiger partial charge is 0.493 e. The van der Waals surface area contributed by atoms with Gasteiger partial charge >= 0.3 is 0 Å². The normalized spacial score (nSPS) is 23.8. The van der Waals surface area contributed by atoms with Crippen molar-refractivity contribution in [3.63, 3.8) is 0 Å². The maximum Gasteiger partial charge on any atom is 0.293 e. The second-order valence-corrected chi connectivity index (χ2v) is 8.69. The van der Waals surface area contributed by atoms with E-state index in [1.165, 1.54) is 0 Å². The molecule has 9 heteroatoms. The predicted octanol–water partition coefficient (Wildman–Crippen LogP) is 3.37. The number of rotatable bonds is 8. The summed E-state index contributed by atoms with van der Waals surface area (Å²) in [7, 11) is 4.67. The van der Waals surface area contributed by atoms with Crippen molar-refractivity contribution in [2.24, 2.45) is 5.41 Å². The van der Waals surface area contributed by atoms with Crippen LogP contribution in [-0.4, -0.2) is 56.2 Å². The summed E-state index contributed by atoms with van der Waals surface area (Å²) in [5.74, 6) is 1.92. The lowest BCUT2D eigenvalue weighted by atomic mass is 9.68. The summed E-state index contributed by atoms with van der Waals surface area (Å²) in [6.07, 6.45) is 4.29. The molecule has 2 heterocycles. The van der Waals surface area contributed by atoms with Crippen molar-refractivity contribution in [1.82, 2.24) is 9.97 Å². The first-order chi connectivity index (χ1) is 15.9. The minimum absolute atomic E-state index is 0.108. The fraction of sp³-hybridized carbons (Fsp3) is 0.500. The van der Waals surface area contributed by atoms with Gasteiger partial charge in [-0.2, -0.15) is 0 Å². The molecule has 9 nitrogen and oxygen atoms in total. The number of Topliss-reactive ketones (excluding diaryl/α,β-unsaturated/α-hetero) is 1. The van der Waals surface area contributed by atoms with Crippen molar-refractivity contribution in [3.05, 3.63) is 24.0 Å². The number of nitrogens with one attached hydrogen (secondary N) is 1. The van der Waals surface area contributed by atoms with E-state index in [1.54, 1.807) is 27.5 Å². The molecule has 1 saturated carbocycles. The van der Waals surface area contributed by atoms with E-state index in [-0.39, 0.29) is 17.8 Å². The molecule has 1 aromatic carbocycles. The third-order valence-corrected chi connectivity index (χ3v) is 6.76. The molecule has 1 unspecified atom stereocenters. The summed E-state index contributed by atoms with van der Waals surface area (Å²) in [5.41, 5.74) is 1.53. The molecule has 2 aromatic rings. The van der Waals surface area contributed by atoms with Crippen molar-refractivity contribution in [1.29, 1.82) is 0 Å². The average Bonchev–Trinajstić information content (AvgIpc) is 3.27. The number of ether oxygens (including phenoxy) is 4. The zero-order valence-corrected chi connectivity index (χ0v) is 19.3. The van der Waals surface area contributed by atoms with Crippen molar-refractivity contribution < 1.29 is 28.5 Å². The number of nitrogens with zero attached hydrogens (tertiary/aromatic N) is 2. The lowest BCUT2D eigenvalue weighted by Gasteiger charge is -2.36. The van der Waals surface area contributed by atoms with Gasteiger partial charge in [-0.3, -0.25) is 9.59 Å². The molecule has 1 N–H and O–H groups in total. The highest BCUT2D eigenvalue weighted by Gasteiger charge is 2.44. The first kappa shape index (κ1) is 22.8. The molecule has 0 saturated heterocycles. The summed E-state index contributed by atoms with van der Waals surface area (Å²) >= 11 is 0. The Hall–Kier alpha value is -3.36. The molecule has 0 spiro atoms. The second-order valence-electron chi connectivity index (χ2n) is 8.69. The monoisotopic (exact) mass is 455 g/mol. The summed E-state index contributed by atoms with van der Waals surface area (Å²) in [5, 5.41) is 3.22. The SMILES string of the molecule is COc1cc(-c2cnc3c(n2)C(C(=O)C2(C)CCC(OC=O)CC2)CN3)cc(OC)c1OC. The maximum absolute atomic E-state index is 13.6. The molecule has 33 heavy (non-hydrogen) atoms. The van der Waals surface area contributed by atoms with E-state index in [9.17, 15) is 9.59 Å². The van der Waals surface area contributed by atoms with Crippen LogP contribution in [0, 0.1) is 5.41 Å².